The molecular formula is C15H18BrCl. The summed E-state index contributed by atoms with van der Waals surface area (Å²) in [5.74, 6) is 2.78. The maximum Gasteiger partial charge on any atom is 0.0452 e. The van der Waals surface area contributed by atoms with Gasteiger partial charge < -0.3 is 0 Å². The Kier molecular flexibility index (Phi) is 3.03. The van der Waals surface area contributed by atoms with Crippen molar-refractivity contribution >= 4 is 27.5 Å². The van der Waals surface area contributed by atoms with Gasteiger partial charge in [0.25, 0.3) is 0 Å². The van der Waals surface area contributed by atoms with Crippen LogP contribution in [-0.4, -0.2) is 0 Å². The maximum atomic E-state index is 6.39. The minimum absolute atomic E-state index is 0.463. The van der Waals surface area contributed by atoms with Crippen LogP contribution in [0.3, 0.4) is 0 Å². The van der Waals surface area contributed by atoms with Crippen LogP contribution in [0.15, 0.2) is 12.1 Å². The van der Waals surface area contributed by atoms with E-state index in [4.69, 9.17) is 11.6 Å². The number of rotatable bonds is 2. The molecule has 0 radical (unpaired) electrons. The molecule has 2 saturated carbocycles. The summed E-state index contributed by atoms with van der Waals surface area (Å²) >= 11 is 10.3. The molecule has 3 unspecified atom stereocenters. The van der Waals surface area contributed by atoms with Crippen LogP contribution < -0.4 is 0 Å². The Morgan fingerprint density at radius 2 is 1.76 bits per heavy atom. The standard InChI is InChI=1S/C15H18BrCl/c1-8-6-12(13(17)7-9(8)2)15(16)14-10-4-3-5-11(10)14/h6-7,10-11,14-15H,3-5H2,1-2H3. The molecule has 2 aliphatic rings. The molecule has 17 heavy (non-hydrogen) atoms. The lowest BCUT2D eigenvalue weighted by molar-refractivity contribution is 0.583. The normalized spacial score (nSPS) is 32.4. The summed E-state index contributed by atoms with van der Waals surface area (Å²) in [5.41, 5.74) is 3.93. The molecule has 2 fully saturated rings. The monoisotopic (exact) mass is 312 g/mol. The summed E-state index contributed by atoms with van der Waals surface area (Å²) in [6.07, 6.45) is 4.30. The van der Waals surface area contributed by atoms with Gasteiger partial charge in [0.2, 0.25) is 0 Å². The van der Waals surface area contributed by atoms with Crippen molar-refractivity contribution in [2.75, 3.05) is 0 Å². The fraction of sp³-hybridized carbons (Fsp3) is 0.600. The van der Waals surface area contributed by atoms with E-state index in [1.165, 1.54) is 36.0 Å². The highest BCUT2D eigenvalue weighted by Gasteiger charge is 2.55. The van der Waals surface area contributed by atoms with Crippen LogP contribution in [0.25, 0.3) is 0 Å². The summed E-state index contributed by atoms with van der Waals surface area (Å²) < 4.78 is 0. The van der Waals surface area contributed by atoms with E-state index in [1.807, 2.05) is 0 Å². The van der Waals surface area contributed by atoms with Crippen molar-refractivity contribution in [1.29, 1.82) is 0 Å². The van der Waals surface area contributed by atoms with Gasteiger partial charge in [-0.3, -0.25) is 0 Å². The smallest absolute Gasteiger partial charge is 0.0452 e. The Morgan fingerprint density at radius 1 is 1.18 bits per heavy atom. The zero-order valence-electron chi connectivity index (χ0n) is 10.3. The Labute approximate surface area is 117 Å². The number of halogens is 2. The van der Waals surface area contributed by atoms with E-state index >= 15 is 0 Å². The van der Waals surface area contributed by atoms with E-state index in [0.717, 1.165) is 22.8 Å². The van der Waals surface area contributed by atoms with Gasteiger partial charge in [0.1, 0.15) is 0 Å². The van der Waals surface area contributed by atoms with Gasteiger partial charge in [-0.15, -0.1) is 0 Å². The zero-order valence-corrected chi connectivity index (χ0v) is 12.7. The van der Waals surface area contributed by atoms with Crippen LogP contribution in [0, 0.1) is 31.6 Å². The number of fused-ring (bicyclic) bond motifs is 1. The first-order valence-electron chi connectivity index (χ1n) is 6.50. The number of aryl methyl sites for hydroxylation is 2. The molecule has 2 heteroatoms. The first-order chi connectivity index (χ1) is 8.09. The average Bonchev–Trinajstić information content (AvgIpc) is 2.76. The lowest BCUT2D eigenvalue weighted by atomic mass is 9.99. The second kappa shape index (κ2) is 4.28. The summed E-state index contributed by atoms with van der Waals surface area (Å²) in [6, 6.07) is 4.38. The number of benzene rings is 1. The highest BCUT2D eigenvalue weighted by molar-refractivity contribution is 9.09. The molecule has 1 aromatic carbocycles. The first-order valence-corrected chi connectivity index (χ1v) is 7.79. The molecule has 92 valence electrons. The largest absolute Gasteiger partial charge is 0.0840 e. The lowest BCUT2D eigenvalue weighted by Crippen LogP contribution is -2.00. The van der Waals surface area contributed by atoms with E-state index in [9.17, 15) is 0 Å². The van der Waals surface area contributed by atoms with E-state index < -0.39 is 0 Å². The van der Waals surface area contributed by atoms with Crippen molar-refractivity contribution in [2.24, 2.45) is 17.8 Å². The van der Waals surface area contributed by atoms with E-state index in [0.29, 0.717) is 4.83 Å². The zero-order chi connectivity index (χ0) is 12.2. The minimum Gasteiger partial charge on any atom is -0.0840 e. The molecule has 0 saturated heterocycles. The lowest BCUT2D eigenvalue weighted by Gasteiger charge is -2.16. The van der Waals surface area contributed by atoms with Gasteiger partial charge in [0.15, 0.2) is 0 Å². The topological polar surface area (TPSA) is 0 Å². The molecule has 0 bridgehead atoms. The molecule has 0 N–H and O–H groups in total. The van der Waals surface area contributed by atoms with Crippen molar-refractivity contribution in [1.82, 2.24) is 0 Å². The Balaban J connectivity index is 1.87. The van der Waals surface area contributed by atoms with Crippen molar-refractivity contribution < 1.29 is 0 Å². The van der Waals surface area contributed by atoms with Gasteiger partial charge in [-0.05, 0) is 67.2 Å². The quantitative estimate of drug-likeness (QED) is 0.638. The second-order valence-electron chi connectivity index (χ2n) is 5.70. The molecule has 2 aliphatic carbocycles. The molecule has 0 aromatic heterocycles. The molecule has 0 nitrogen and oxygen atoms in total. The van der Waals surface area contributed by atoms with Gasteiger partial charge in [-0.25, -0.2) is 0 Å². The van der Waals surface area contributed by atoms with Gasteiger partial charge in [0, 0.05) is 9.85 Å². The first kappa shape index (κ1) is 12.0. The molecular weight excluding hydrogens is 296 g/mol. The van der Waals surface area contributed by atoms with Gasteiger partial charge in [-0.1, -0.05) is 40.0 Å². The van der Waals surface area contributed by atoms with Crippen molar-refractivity contribution in [3.05, 3.63) is 33.8 Å². The Hall–Kier alpha value is -0.0100. The third-order valence-electron chi connectivity index (χ3n) is 4.72. The fourth-order valence-corrected chi connectivity index (χ4v) is 5.16. The third-order valence-corrected chi connectivity index (χ3v) is 6.15. The molecule has 0 aliphatic heterocycles. The van der Waals surface area contributed by atoms with Gasteiger partial charge >= 0.3 is 0 Å². The van der Waals surface area contributed by atoms with Crippen LogP contribution in [0.4, 0.5) is 0 Å². The molecule has 0 spiro atoms. The van der Waals surface area contributed by atoms with E-state index in [-0.39, 0.29) is 0 Å². The predicted molar refractivity (Wildman–Crippen MR) is 76.9 cm³/mol. The Bertz CT molecular complexity index is 444. The molecule has 3 atom stereocenters. The van der Waals surface area contributed by atoms with Gasteiger partial charge in [0.05, 0.1) is 0 Å². The minimum atomic E-state index is 0.463. The van der Waals surface area contributed by atoms with Gasteiger partial charge in [-0.2, -0.15) is 0 Å². The van der Waals surface area contributed by atoms with Crippen molar-refractivity contribution in [2.45, 2.75) is 37.9 Å². The van der Waals surface area contributed by atoms with Crippen LogP contribution in [0.5, 0.6) is 0 Å². The maximum absolute atomic E-state index is 6.39. The predicted octanol–water partition coefficient (Wildman–Crippen LogP) is 5.44. The molecule has 0 heterocycles. The van der Waals surface area contributed by atoms with E-state index in [1.54, 1.807) is 0 Å². The van der Waals surface area contributed by atoms with E-state index in [2.05, 4.69) is 41.9 Å². The average molecular weight is 314 g/mol. The van der Waals surface area contributed by atoms with Crippen molar-refractivity contribution in [3.63, 3.8) is 0 Å². The number of hydrogen-bond acceptors (Lipinski definition) is 0. The van der Waals surface area contributed by atoms with Crippen LogP contribution in [0.1, 0.15) is 40.8 Å². The number of hydrogen-bond donors (Lipinski definition) is 0. The highest BCUT2D eigenvalue weighted by atomic mass is 79.9. The van der Waals surface area contributed by atoms with Crippen molar-refractivity contribution in [3.8, 4) is 0 Å². The summed E-state index contributed by atoms with van der Waals surface area (Å²) in [5, 5.41) is 0.931. The Morgan fingerprint density at radius 3 is 2.41 bits per heavy atom. The number of alkyl halides is 1. The summed E-state index contributed by atoms with van der Waals surface area (Å²) in [4.78, 5) is 0.463. The summed E-state index contributed by atoms with van der Waals surface area (Å²) in [6.45, 7) is 4.29. The molecule has 1 aromatic rings. The molecule has 0 amide bonds. The third kappa shape index (κ3) is 1.96. The highest BCUT2D eigenvalue weighted by Crippen LogP contribution is 2.64. The van der Waals surface area contributed by atoms with Crippen LogP contribution in [-0.2, 0) is 0 Å². The van der Waals surface area contributed by atoms with Crippen LogP contribution in [0.2, 0.25) is 5.02 Å². The summed E-state index contributed by atoms with van der Waals surface area (Å²) in [7, 11) is 0. The molecule has 3 rings (SSSR count). The second-order valence-corrected chi connectivity index (χ2v) is 7.09. The fourth-order valence-electron chi connectivity index (χ4n) is 3.53. The van der Waals surface area contributed by atoms with Crippen LogP contribution >= 0.6 is 27.5 Å². The SMILES string of the molecule is Cc1cc(Cl)c(C(Br)C2C3CCCC32)cc1C.